The number of benzene rings is 2. The number of carbonyl (C=O) groups excluding carboxylic acids is 1. The Morgan fingerprint density at radius 2 is 2.00 bits per heavy atom. The zero-order chi connectivity index (χ0) is 17.8. The van der Waals surface area contributed by atoms with E-state index >= 15 is 0 Å². The largest absolute Gasteiger partial charge is 0.494 e. The predicted octanol–water partition coefficient (Wildman–Crippen LogP) is 5.19. The van der Waals surface area contributed by atoms with Gasteiger partial charge in [-0.25, -0.2) is 9.79 Å². The number of rotatable bonds is 5. The fraction of sp³-hybridized carbons (Fsp3) is 0.158. The number of nitrogens with zero attached hydrogens (tertiary/aromatic N) is 1. The van der Waals surface area contributed by atoms with Gasteiger partial charge < -0.3 is 9.47 Å². The van der Waals surface area contributed by atoms with E-state index in [0.29, 0.717) is 12.5 Å². The average Bonchev–Trinajstić information content (AvgIpc) is 2.97. The lowest BCUT2D eigenvalue weighted by Crippen LogP contribution is -2.05. The first-order chi connectivity index (χ1) is 12.1. The Kier molecular flexibility index (Phi) is 5.90. The summed E-state index contributed by atoms with van der Waals surface area (Å²) in [4.78, 5) is 16.4. The van der Waals surface area contributed by atoms with Gasteiger partial charge in [0.2, 0.25) is 5.90 Å². The van der Waals surface area contributed by atoms with Crippen LogP contribution in [-0.4, -0.2) is 18.5 Å². The van der Waals surface area contributed by atoms with Crippen molar-refractivity contribution < 1.29 is 14.3 Å². The van der Waals surface area contributed by atoms with Crippen LogP contribution in [0.15, 0.2) is 57.6 Å². The summed E-state index contributed by atoms with van der Waals surface area (Å²) in [5.41, 5.74) is 1.91. The quantitative estimate of drug-likeness (QED) is 0.315. The number of hydrogen-bond acceptors (Lipinski definition) is 4. The molecule has 0 spiro atoms. The second kappa shape index (κ2) is 8.14. The molecule has 0 saturated carbocycles. The van der Waals surface area contributed by atoms with Gasteiger partial charge in [-0.3, -0.25) is 0 Å². The van der Waals surface area contributed by atoms with E-state index < -0.39 is 5.97 Å². The Hall–Kier alpha value is -1.67. The van der Waals surface area contributed by atoms with Crippen molar-refractivity contribution in [3.05, 3.63) is 67.3 Å². The minimum Gasteiger partial charge on any atom is -0.494 e. The molecule has 0 fully saturated rings. The van der Waals surface area contributed by atoms with Crippen LogP contribution in [0.1, 0.15) is 24.5 Å². The van der Waals surface area contributed by atoms with Gasteiger partial charge in [-0.2, -0.15) is 0 Å². The maximum absolute atomic E-state index is 12.1. The van der Waals surface area contributed by atoms with Crippen LogP contribution < -0.4 is 4.74 Å². The first-order valence-corrected chi connectivity index (χ1v) is 9.65. The van der Waals surface area contributed by atoms with Gasteiger partial charge in [-0.15, -0.1) is 0 Å². The van der Waals surface area contributed by atoms with Gasteiger partial charge in [0, 0.05) is 13.6 Å². The Balaban J connectivity index is 1.81. The molecule has 0 bridgehead atoms. The SMILES string of the molecule is CCCOc1ccc(/C=C2\N=C(c3ccc(I)c(Br)c3)OC2=O)cc1. The zero-order valence-corrected chi connectivity index (χ0v) is 17.2. The van der Waals surface area contributed by atoms with Gasteiger partial charge >= 0.3 is 5.97 Å². The van der Waals surface area contributed by atoms with Crippen LogP contribution in [0.3, 0.4) is 0 Å². The molecular weight excluding hydrogens is 497 g/mol. The van der Waals surface area contributed by atoms with E-state index in [4.69, 9.17) is 9.47 Å². The summed E-state index contributed by atoms with van der Waals surface area (Å²) in [6.45, 7) is 2.75. The molecule has 25 heavy (non-hydrogen) atoms. The topological polar surface area (TPSA) is 47.9 Å². The molecule has 0 aromatic heterocycles. The van der Waals surface area contributed by atoms with Gasteiger partial charge in [0.1, 0.15) is 5.75 Å². The van der Waals surface area contributed by atoms with E-state index in [-0.39, 0.29) is 5.70 Å². The predicted molar refractivity (Wildman–Crippen MR) is 110 cm³/mol. The van der Waals surface area contributed by atoms with Crippen molar-refractivity contribution in [1.29, 1.82) is 0 Å². The van der Waals surface area contributed by atoms with Gasteiger partial charge in [0.25, 0.3) is 0 Å². The molecule has 0 N–H and O–H groups in total. The zero-order valence-electron chi connectivity index (χ0n) is 13.5. The number of cyclic esters (lactones) is 1. The molecule has 0 saturated heterocycles. The molecule has 4 nitrogen and oxygen atoms in total. The van der Waals surface area contributed by atoms with E-state index in [2.05, 4.69) is 50.4 Å². The fourth-order valence-electron chi connectivity index (χ4n) is 2.20. The number of ether oxygens (including phenoxy) is 2. The molecule has 2 aromatic carbocycles. The third-order valence-corrected chi connectivity index (χ3v) is 5.78. The lowest BCUT2D eigenvalue weighted by Gasteiger charge is -2.04. The summed E-state index contributed by atoms with van der Waals surface area (Å²) >= 11 is 5.69. The van der Waals surface area contributed by atoms with Crippen molar-refractivity contribution in [2.45, 2.75) is 13.3 Å². The highest BCUT2D eigenvalue weighted by atomic mass is 127. The second-order valence-corrected chi connectivity index (χ2v) is 7.40. The Labute approximate surface area is 168 Å². The normalized spacial score (nSPS) is 15.2. The van der Waals surface area contributed by atoms with E-state index in [9.17, 15) is 4.79 Å². The maximum Gasteiger partial charge on any atom is 0.363 e. The molecular formula is C19H15BrINO3. The number of aliphatic imine (C=N–C) groups is 1. The van der Waals surface area contributed by atoms with Crippen LogP contribution >= 0.6 is 38.5 Å². The molecule has 1 aliphatic rings. The minimum absolute atomic E-state index is 0.284. The summed E-state index contributed by atoms with van der Waals surface area (Å²) < 4.78 is 12.9. The standard InChI is InChI=1S/C19H15BrINO3/c1-2-9-24-14-6-3-12(4-7-14)10-17-19(23)25-18(22-17)13-5-8-16(21)15(20)11-13/h3-8,10-11H,2,9H2,1H3/b17-10-. The van der Waals surface area contributed by atoms with Gasteiger partial charge in [0.05, 0.1) is 6.61 Å². The van der Waals surface area contributed by atoms with Crippen LogP contribution in [-0.2, 0) is 9.53 Å². The molecule has 0 atom stereocenters. The van der Waals surface area contributed by atoms with E-state index in [1.54, 1.807) is 6.08 Å². The molecule has 0 radical (unpaired) electrons. The molecule has 128 valence electrons. The van der Waals surface area contributed by atoms with Gasteiger partial charge in [0.15, 0.2) is 5.70 Å². The van der Waals surface area contributed by atoms with Crippen molar-refractivity contribution in [2.24, 2.45) is 4.99 Å². The van der Waals surface area contributed by atoms with Gasteiger partial charge in [-0.05, 0) is 86.9 Å². The Morgan fingerprint density at radius 1 is 1.24 bits per heavy atom. The molecule has 1 aliphatic heterocycles. The molecule has 2 aromatic rings. The van der Waals surface area contributed by atoms with Crippen LogP contribution in [0, 0.1) is 3.57 Å². The third-order valence-electron chi connectivity index (χ3n) is 3.44. The third kappa shape index (κ3) is 4.49. The smallest absolute Gasteiger partial charge is 0.363 e. The first kappa shape index (κ1) is 18.1. The number of halogens is 2. The van der Waals surface area contributed by atoms with E-state index in [1.807, 2.05) is 42.5 Å². The molecule has 1 heterocycles. The summed E-state index contributed by atoms with van der Waals surface area (Å²) in [5, 5.41) is 0. The summed E-state index contributed by atoms with van der Waals surface area (Å²) in [5.74, 6) is 0.679. The first-order valence-electron chi connectivity index (χ1n) is 7.77. The van der Waals surface area contributed by atoms with Crippen LogP contribution in [0.25, 0.3) is 6.08 Å². The second-order valence-electron chi connectivity index (χ2n) is 5.38. The molecule has 0 amide bonds. The van der Waals surface area contributed by atoms with Crippen molar-refractivity contribution in [2.75, 3.05) is 6.61 Å². The monoisotopic (exact) mass is 511 g/mol. The van der Waals surface area contributed by atoms with Crippen molar-refractivity contribution in [1.82, 2.24) is 0 Å². The number of hydrogen-bond donors (Lipinski definition) is 0. The van der Waals surface area contributed by atoms with Gasteiger partial charge in [-0.1, -0.05) is 19.1 Å². The minimum atomic E-state index is -0.448. The van der Waals surface area contributed by atoms with E-state index in [1.165, 1.54) is 0 Å². The number of carbonyl (C=O) groups is 1. The molecule has 0 unspecified atom stereocenters. The van der Waals surface area contributed by atoms with Crippen molar-refractivity contribution >= 4 is 56.5 Å². The van der Waals surface area contributed by atoms with Crippen LogP contribution in [0.4, 0.5) is 0 Å². The fourth-order valence-corrected chi connectivity index (χ4v) is 2.91. The summed E-state index contributed by atoms with van der Waals surface area (Å²) in [6, 6.07) is 13.2. The van der Waals surface area contributed by atoms with Crippen molar-refractivity contribution in [3.63, 3.8) is 0 Å². The molecule has 6 heteroatoms. The summed E-state index contributed by atoms with van der Waals surface area (Å²) in [7, 11) is 0. The lowest BCUT2D eigenvalue weighted by molar-refractivity contribution is -0.129. The molecule has 0 aliphatic carbocycles. The molecule has 3 rings (SSSR count). The average molecular weight is 512 g/mol. The van der Waals surface area contributed by atoms with Crippen LogP contribution in [0.2, 0.25) is 0 Å². The van der Waals surface area contributed by atoms with E-state index in [0.717, 1.165) is 31.3 Å². The highest BCUT2D eigenvalue weighted by Crippen LogP contribution is 2.24. The van der Waals surface area contributed by atoms with Crippen LogP contribution in [0.5, 0.6) is 5.75 Å². The Morgan fingerprint density at radius 3 is 2.68 bits per heavy atom. The Bertz CT molecular complexity index is 859. The maximum atomic E-state index is 12.1. The highest BCUT2D eigenvalue weighted by Gasteiger charge is 2.24. The highest BCUT2D eigenvalue weighted by molar-refractivity contribution is 14.1. The summed E-state index contributed by atoms with van der Waals surface area (Å²) in [6.07, 6.45) is 2.67. The lowest BCUT2D eigenvalue weighted by atomic mass is 10.2. The van der Waals surface area contributed by atoms with Crippen molar-refractivity contribution in [3.8, 4) is 5.75 Å². The number of esters is 1.